The van der Waals surface area contributed by atoms with Crippen LogP contribution in [0.15, 0.2) is 48.5 Å². The second kappa shape index (κ2) is 9.31. The quantitative estimate of drug-likeness (QED) is 0.734. The highest BCUT2D eigenvalue weighted by atomic mass is 16.6. The van der Waals surface area contributed by atoms with E-state index < -0.39 is 0 Å². The van der Waals surface area contributed by atoms with E-state index in [4.69, 9.17) is 4.74 Å². The molecule has 2 heterocycles. The number of hydrogen-bond acceptors (Lipinski definition) is 4. The first-order chi connectivity index (χ1) is 15.3. The number of anilines is 1. The van der Waals surface area contributed by atoms with Gasteiger partial charge in [-0.15, -0.1) is 0 Å². The fourth-order valence-corrected chi connectivity index (χ4v) is 5.42. The van der Waals surface area contributed by atoms with Gasteiger partial charge in [-0.25, -0.2) is 4.79 Å². The molecule has 0 unspecified atom stereocenters. The Labute approximate surface area is 185 Å². The maximum absolute atomic E-state index is 12.7. The molecule has 5 rings (SSSR count). The molecule has 2 aromatic carbocycles. The van der Waals surface area contributed by atoms with Crippen LogP contribution >= 0.6 is 0 Å². The van der Waals surface area contributed by atoms with E-state index in [9.17, 15) is 4.79 Å². The van der Waals surface area contributed by atoms with Gasteiger partial charge >= 0.3 is 6.09 Å². The molecule has 0 atom stereocenters. The number of benzene rings is 2. The van der Waals surface area contributed by atoms with Crippen LogP contribution in [0.3, 0.4) is 0 Å². The van der Waals surface area contributed by atoms with Crippen molar-refractivity contribution in [2.75, 3.05) is 37.6 Å². The van der Waals surface area contributed by atoms with Gasteiger partial charge in [0.2, 0.25) is 0 Å². The Morgan fingerprint density at radius 2 is 1.68 bits per heavy atom. The van der Waals surface area contributed by atoms with E-state index in [1.807, 2.05) is 35.2 Å². The SMILES string of the molecule is O=C(OCc1ccccc1)N1CCc2cccc(N3CCN(C4CCCC4)CC3)c2C1. The lowest BCUT2D eigenvalue weighted by molar-refractivity contribution is 0.0919. The third kappa shape index (κ3) is 4.57. The third-order valence-corrected chi connectivity index (χ3v) is 7.21. The third-order valence-electron chi connectivity index (χ3n) is 7.21. The van der Waals surface area contributed by atoms with Gasteiger partial charge in [0, 0.05) is 44.5 Å². The standard InChI is InChI=1S/C26H33N3O2/c30-26(31-20-21-7-2-1-3-8-21)29-14-13-22-9-6-12-25(24(22)19-29)28-17-15-27(16-18-28)23-10-4-5-11-23/h1-3,6-9,12,23H,4-5,10-11,13-20H2. The highest BCUT2D eigenvalue weighted by Gasteiger charge is 2.29. The smallest absolute Gasteiger partial charge is 0.410 e. The van der Waals surface area contributed by atoms with Crippen molar-refractivity contribution in [2.24, 2.45) is 0 Å². The number of fused-ring (bicyclic) bond motifs is 1. The lowest BCUT2D eigenvalue weighted by Crippen LogP contribution is -2.50. The summed E-state index contributed by atoms with van der Waals surface area (Å²) in [6.45, 7) is 6.14. The lowest BCUT2D eigenvalue weighted by Gasteiger charge is -2.41. The fourth-order valence-electron chi connectivity index (χ4n) is 5.42. The average molecular weight is 420 g/mol. The number of hydrogen-bond donors (Lipinski definition) is 0. The van der Waals surface area contributed by atoms with Crippen LogP contribution < -0.4 is 4.90 Å². The molecule has 0 aromatic heterocycles. The van der Waals surface area contributed by atoms with Gasteiger partial charge in [-0.3, -0.25) is 4.90 Å². The summed E-state index contributed by atoms with van der Waals surface area (Å²) in [7, 11) is 0. The van der Waals surface area contributed by atoms with E-state index in [1.165, 1.54) is 42.5 Å². The first-order valence-electron chi connectivity index (χ1n) is 11.8. The number of amides is 1. The molecule has 0 bridgehead atoms. The molecular formula is C26H33N3O2. The zero-order valence-corrected chi connectivity index (χ0v) is 18.3. The van der Waals surface area contributed by atoms with E-state index in [0.717, 1.165) is 50.7 Å². The fraction of sp³-hybridized carbons (Fsp3) is 0.500. The van der Waals surface area contributed by atoms with Crippen molar-refractivity contribution >= 4 is 11.8 Å². The predicted molar refractivity (Wildman–Crippen MR) is 123 cm³/mol. The molecule has 0 radical (unpaired) electrons. The summed E-state index contributed by atoms with van der Waals surface area (Å²) in [5.74, 6) is 0. The van der Waals surface area contributed by atoms with Crippen LogP contribution in [0.25, 0.3) is 0 Å². The molecule has 0 N–H and O–H groups in total. The van der Waals surface area contributed by atoms with Crippen molar-refractivity contribution in [1.29, 1.82) is 0 Å². The number of carbonyl (C=O) groups is 1. The molecule has 3 aliphatic rings. The van der Waals surface area contributed by atoms with Gasteiger partial charge in [0.25, 0.3) is 0 Å². The van der Waals surface area contributed by atoms with Crippen LogP contribution in [-0.2, 0) is 24.3 Å². The van der Waals surface area contributed by atoms with E-state index in [-0.39, 0.29) is 6.09 Å². The van der Waals surface area contributed by atoms with E-state index >= 15 is 0 Å². The summed E-state index contributed by atoms with van der Waals surface area (Å²) in [6, 6.07) is 17.3. The van der Waals surface area contributed by atoms with Gasteiger partial charge < -0.3 is 14.5 Å². The molecule has 2 aromatic rings. The van der Waals surface area contributed by atoms with Crippen LogP contribution in [0.2, 0.25) is 0 Å². The van der Waals surface area contributed by atoms with Crippen molar-refractivity contribution < 1.29 is 9.53 Å². The average Bonchev–Trinajstić information content (AvgIpc) is 3.38. The summed E-state index contributed by atoms with van der Waals surface area (Å²) < 4.78 is 5.61. The van der Waals surface area contributed by atoms with Crippen LogP contribution in [-0.4, -0.2) is 54.7 Å². The number of carbonyl (C=O) groups excluding carboxylic acids is 1. The Kier molecular flexibility index (Phi) is 6.12. The molecule has 5 heteroatoms. The molecule has 2 aliphatic heterocycles. The maximum Gasteiger partial charge on any atom is 0.410 e. The highest BCUT2D eigenvalue weighted by molar-refractivity contribution is 5.69. The summed E-state index contributed by atoms with van der Waals surface area (Å²) in [6.07, 6.45) is 6.23. The molecule has 1 saturated carbocycles. The Bertz CT molecular complexity index is 887. The lowest BCUT2D eigenvalue weighted by atomic mass is 9.97. The van der Waals surface area contributed by atoms with Gasteiger partial charge in [0.15, 0.2) is 0 Å². The Hall–Kier alpha value is -2.53. The molecule has 2 fully saturated rings. The van der Waals surface area contributed by atoms with Gasteiger partial charge in [-0.05, 0) is 42.0 Å². The molecular weight excluding hydrogens is 386 g/mol. The molecule has 0 spiro atoms. The second-order valence-corrected chi connectivity index (χ2v) is 9.09. The summed E-state index contributed by atoms with van der Waals surface area (Å²) in [5, 5.41) is 0. The minimum absolute atomic E-state index is 0.213. The first kappa shape index (κ1) is 20.4. The van der Waals surface area contributed by atoms with Gasteiger partial charge in [-0.2, -0.15) is 0 Å². The number of rotatable bonds is 4. The Morgan fingerprint density at radius 3 is 2.45 bits per heavy atom. The first-order valence-corrected chi connectivity index (χ1v) is 11.8. The number of piperazine rings is 1. The van der Waals surface area contributed by atoms with Crippen molar-refractivity contribution in [2.45, 2.75) is 51.3 Å². The molecule has 1 aliphatic carbocycles. The largest absolute Gasteiger partial charge is 0.445 e. The van der Waals surface area contributed by atoms with Crippen LogP contribution in [0.4, 0.5) is 10.5 Å². The minimum Gasteiger partial charge on any atom is -0.445 e. The van der Waals surface area contributed by atoms with Crippen molar-refractivity contribution in [1.82, 2.24) is 9.80 Å². The zero-order chi connectivity index (χ0) is 21.0. The maximum atomic E-state index is 12.7. The summed E-state index contributed by atoms with van der Waals surface area (Å²) >= 11 is 0. The Balaban J connectivity index is 1.23. The van der Waals surface area contributed by atoms with Gasteiger partial charge in [-0.1, -0.05) is 55.3 Å². The van der Waals surface area contributed by atoms with E-state index in [0.29, 0.717) is 13.2 Å². The summed E-state index contributed by atoms with van der Waals surface area (Å²) in [4.78, 5) is 19.8. The molecule has 164 valence electrons. The predicted octanol–water partition coefficient (Wildman–Crippen LogP) is 4.45. The molecule has 1 saturated heterocycles. The highest BCUT2D eigenvalue weighted by Crippen LogP contribution is 2.31. The van der Waals surface area contributed by atoms with E-state index in [2.05, 4.69) is 28.0 Å². The second-order valence-electron chi connectivity index (χ2n) is 9.09. The zero-order valence-electron chi connectivity index (χ0n) is 18.3. The summed E-state index contributed by atoms with van der Waals surface area (Å²) in [5.41, 5.74) is 5.01. The minimum atomic E-state index is -0.213. The molecule has 5 nitrogen and oxygen atoms in total. The van der Waals surface area contributed by atoms with Gasteiger partial charge in [0.05, 0.1) is 6.54 Å². The van der Waals surface area contributed by atoms with Crippen molar-refractivity contribution in [3.8, 4) is 0 Å². The number of nitrogens with zero attached hydrogens (tertiary/aromatic N) is 3. The van der Waals surface area contributed by atoms with Crippen LogP contribution in [0.1, 0.15) is 42.4 Å². The van der Waals surface area contributed by atoms with Crippen molar-refractivity contribution in [3.05, 3.63) is 65.2 Å². The van der Waals surface area contributed by atoms with Gasteiger partial charge in [0.1, 0.15) is 6.61 Å². The molecule has 31 heavy (non-hydrogen) atoms. The normalized spacial score (nSPS) is 20.0. The van der Waals surface area contributed by atoms with Crippen LogP contribution in [0, 0.1) is 0 Å². The molecule has 1 amide bonds. The topological polar surface area (TPSA) is 36.0 Å². The van der Waals surface area contributed by atoms with E-state index in [1.54, 1.807) is 0 Å². The number of ether oxygens (including phenoxy) is 1. The monoisotopic (exact) mass is 419 g/mol. The van der Waals surface area contributed by atoms with Crippen molar-refractivity contribution in [3.63, 3.8) is 0 Å². The van der Waals surface area contributed by atoms with Crippen LogP contribution in [0.5, 0.6) is 0 Å². The Morgan fingerprint density at radius 1 is 0.903 bits per heavy atom.